The van der Waals surface area contributed by atoms with Crippen molar-refractivity contribution in [3.8, 4) is 0 Å². The molecule has 0 aromatic carbocycles. The van der Waals surface area contributed by atoms with Crippen LogP contribution in [0.5, 0.6) is 0 Å². The van der Waals surface area contributed by atoms with Crippen molar-refractivity contribution >= 4 is 11.8 Å². The first-order chi connectivity index (χ1) is 5.97. The molecule has 2 saturated heterocycles. The van der Waals surface area contributed by atoms with E-state index in [0.29, 0.717) is 6.17 Å². The van der Waals surface area contributed by atoms with Gasteiger partial charge in [-0.25, -0.2) is 0 Å². The van der Waals surface area contributed by atoms with Crippen LogP contribution in [0.3, 0.4) is 0 Å². The van der Waals surface area contributed by atoms with Crippen LogP contribution < -0.4 is 10.6 Å². The van der Waals surface area contributed by atoms with Gasteiger partial charge in [0.2, 0.25) is 0 Å². The third kappa shape index (κ3) is 2.13. The molecule has 4 heteroatoms. The fourth-order valence-corrected chi connectivity index (χ4v) is 2.57. The molecule has 0 aromatic heterocycles. The molecule has 2 heterocycles. The number of nitrogens with one attached hydrogen (secondary N) is 2. The summed E-state index contributed by atoms with van der Waals surface area (Å²) in [5.41, 5.74) is 0. The molecule has 2 N–H and O–H groups in total. The second-order valence-electron chi connectivity index (χ2n) is 3.17. The molecule has 2 fully saturated rings. The summed E-state index contributed by atoms with van der Waals surface area (Å²) in [7, 11) is 0. The summed E-state index contributed by atoms with van der Waals surface area (Å²) in [5.74, 6) is 2.57. The van der Waals surface area contributed by atoms with Crippen LogP contribution in [-0.4, -0.2) is 48.8 Å². The first kappa shape index (κ1) is 8.81. The van der Waals surface area contributed by atoms with Gasteiger partial charge in [0.25, 0.3) is 0 Å². The molecular weight excluding hydrogens is 170 g/mol. The van der Waals surface area contributed by atoms with Crippen molar-refractivity contribution in [1.82, 2.24) is 15.5 Å². The topological polar surface area (TPSA) is 27.3 Å². The van der Waals surface area contributed by atoms with E-state index in [1.165, 1.54) is 24.6 Å². The minimum atomic E-state index is 0.472. The molecule has 2 aliphatic heterocycles. The summed E-state index contributed by atoms with van der Waals surface area (Å²) in [6.07, 6.45) is 0.472. The molecule has 69 valence electrons. The predicted molar refractivity (Wildman–Crippen MR) is 53.0 cm³/mol. The SMILES string of the molecule is [CH]1NCCNC1N1CCSCC1. The van der Waals surface area contributed by atoms with E-state index >= 15 is 0 Å². The highest BCUT2D eigenvalue weighted by Crippen LogP contribution is 2.12. The van der Waals surface area contributed by atoms with Gasteiger partial charge in [-0.3, -0.25) is 10.2 Å². The summed E-state index contributed by atoms with van der Waals surface area (Å²) in [6, 6.07) is 0. The molecular formula is C8H16N3S. The minimum absolute atomic E-state index is 0.472. The van der Waals surface area contributed by atoms with Crippen LogP contribution >= 0.6 is 11.8 Å². The zero-order chi connectivity index (χ0) is 8.23. The van der Waals surface area contributed by atoms with Gasteiger partial charge in [-0.1, -0.05) is 0 Å². The molecule has 0 aromatic rings. The molecule has 2 rings (SSSR count). The van der Waals surface area contributed by atoms with Crippen LogP contribution in [0.25, 0.3) is 0 Å². The lowest BCUT2D eigenvalue weighted by Crippen LogP contribution is -2.56. The minimum Gasteiger partial charge on any atom is -0.309 e. The van der Waals surface area contributed by atoms with Crippen LogP contribution in [0.4, 0.5) is 0 Å². The zero-order valence-electron chi connectivity index (χ0n) is 7.25. The second-order valence-corrected chi connectivity index (χ2v) is 4.39. The van der Waals surface area contributed by atoms with Gasteiger partial charge in [-0.2, -0.15) is 11.8 Å². The lowest BCUT2D eigenvalue weighted by atomic mass is 10.3. The van der Waals surface area contributed by atoms with E-state index in [0.717, 1.165) is 13.1 Å². The average molecular weight is 186 g/mol. The Morgan fingerprint density at radius 1 is 1.25 bits per heavy atom. The Hall–Kier alpha value is 0.230. The van der Waals surface area contributed by atoms with Crippen LogP contribution in [0.2, 0.25) is 0 Å². The Morgan fingerprint density at radius 2 is 2.08 bits per heavy atom. The molecule has 0 aliphatic carbocycles. The molecule has 0 amide bonds. The van der Waals surface area contributed by atoms with Gasteiger partial charge in [0.15, 0.2) is 0 Å². The van der Waals surface area contributed by atoms with Gasteiger partial charge < -0.3 is 5.32 Å². The van der Waals surface area contributed by atoms with E-state index in [1.54, 1.807) is 0 Å². The van der Waals surface area contributed by atoms with Crippen molar-refractivity contribution in [2.45, 2.75) is 6.17 Å². The highest BCUT2D eigenvalue weighted by molar-refractivity contribution is 7.99. The van der Waals surface area contributed by atoms with E-state index in [-0.39, 0.29) is 0 Å². The Bertz CT molecular complexity index is 114. The largest absolute Gasteiger partial charge is 0.309 e. The second kappa shape index (κ2) is 4.46. The summed E-state index contributed by atoms with van der Waals surface area (Å²) in [6.45, 7) is 6.78. The van der Waals surface area contributed by atoms with Crippen molar-refractivity contribution in [1.29, 1.82) is 0 Å². The summed E-state index contributed by atoms with van der Waals surface area (Å²) in [4.78, 5) is 2.50. The molecule has 2 aliphatic rings. The smallest absolute Gasteiger partial charge is 0.0773 e. The fraction of sp³-hybridized carbons (Fsp3) is 0.875. The van der Waals surface area contributed by atoms with Crippen molar-refractivity contribution in [2.24, 2.45) is 0 Å². The number of rotatable bonds is 1. The van der Waals surface area contributed by atoms with Crippen LogP contribution in [0, 0.1) is 6.54 Å². The Balaban J connectivity index is 1.80. The van der Waals surface area contributed by atoms with Crippen LogP contribution in [0.15, 0.2) is 0 Å². The maximum Gasteiger partial charge on any atom is 0.0773 e. The maximum atomic E-state index is 3.49. The Morgan fingerprint density at radius 3 is 2.75 bits per heavy atom. The van der Waals surface area contributed by atoms with E-state index in [4.69, 9.17) is 0 Å². The number of hydrogen-bond acceptors (Lipinski definition) is 4. The molecule has 0 bridgehead atoms. The Kier molecular flexibility index (Phi) is 3.28. The molecule has 0 spiro atoms. The van der Waals surface area contributed by atoms with E-state index in [9.17, 15) is 0 Å². The predicted octanol–water partition coefficient (Wildman–Crippen LogP) is -0.284. The van der Waals surface area contributed by atoms with Crippen molar-refractivity contribution in [2.75, 3.05) is 37.7 Å². The summed E-state index contributed by atoms with van der Waals surface area (Å²) in [5, 5.41) is 6.78. The number of nitrogens with zero attached hydrogens (tertiary/aromatic N) is 1. The molecule has 3 nitrogen and oxygen atoms in total. The van der Waals surface area contributed by atoms with Gasteiger partial charge in [-0.05, 0) is 0 Å². The Labute approximate surface area is 78.3 Å². The highest BCUT2D eigenvalue weighted by atomic mass is 32.2. The van der Waals surface area contributed by atoms with Crippen LogP contribution in [-0.2, 0) is 0 Å². The zero-order valence-corrected chi connectivity index (χ0v) is 8.07. The monoisotopic (exact) mass is 186 g/mol. The lowest BCUT2D eigenvalue weighted by Gasteiger charge is -2.36. The average Bonchev–Trinajstić information content (AvgIpc) is 2.21. The third-order valence-electron chi connectivity index (χ3n) is 2.34. The number of piperazine rings is 1. The molecule has 0 saturated carbocycles. The van der Waals surface area contributed by atoms with Gasteiger partial charge >= 0.3 is 0 Å². The molecule has 12 heavy (non-hydrogen) atoms. The van der Waals surface area contributed by atoms with E-state index < -0.39 is 0 Å². The van der Waals surface area contributed by atoms with E-state index in [2.05, 4.69) is 33.8 Å². The number of thioether (sulfide) groups is 1. The molecule has 1 atom stereocenters. The van der Waals surface area contributed by atoms with Gasteiger partial charge in [0, 0.05) is 37.7 Å². The first-order valence-electron chi connectivity index (χ1n) is 4.59. The summed E-state index contributed by atoms with van der Waals surface area (Å²) >= 11 is 2.06. The lowest BCUT2D eigenvalue weighted by molar-refractivity contribution is 0.187. The highest BCUT2D eigenvalue weighted by Gasteiger charge is 2.21. The third-order valence-corrected chi connectivity index (χ3v) is 3.28. The van der Waals surface area contributed by atoms with Crippen molar-refractivity contribution in [3.63, 3.8) is 0 Å². The fourth-order valence-electron chi connectivity index (χ4n) is 1.64. The van der Waals surface area contributed by atoms with Crippen molar-refractivity contribution in [3.05, 3.63) is 6.54 Å². The van der Waals surface area contributed by atoms with E-state index in [1.807, 2.05) is 0 Å². The molecule has 1 radical (unpaired) electrons. The maximum absolute atomic E-state index is 3.49. The van der Waals surface area contributed by atoms with Crippen molar-refractivity contribution < 1.29 is 0 Å². The normalized spacial score (nSPS) is 33.5. The van der Waals surface area contributed by atoms with Gasteiger partial charge in [-0.15, -0.1) is 0 Å². The van der Waals surface area contributed by atoms with Crippen LogP contribution in [0.1, 0.15) is 0 Å². The standard InChI is InChI=1S/C8H16N3S/c1-2-10-8(7-9-1)11-3-5-12-6-4-11/h7-10H,1-6H2. The van der Waals surface area contributed by atoms with Gasteiger partial charge in [0.1, 0.15) is 0 Å². The quantitative estimate of drug-likeness (QED) is 0.589. The molecule has 1 unspecified atom stereocenters. The summed E-state index contributed by atoms with van der Waals surface area (Å²) < 4.78 is 0. The first-order valence-corrected chi connectivity index (χ1v) is 5.74. The van der Waals surface area contributed by atoms with Gasteiger partial charge in [0.05, 0.1) is 12.7 Å². The number of hydrogen-bond donors (Lipinski definition) is 2.